The van der Waals surface area contributed by atoms with E-state index in [0.29, 0.717) is 5.88 Å². The van der Waals surface area contributed by atoms with Gasteiger partial charge in [-0.3, -0.25) is 4.79 Å². The van der Waals surface area contributed by atoms with Crippen LogP contribution in [0.3, 0.4) is 0 Å². The van der Waals surface area contributed by atoms with E-state index in [2.05, 4.69) is 0 Å². The second-order valence-corrected chi connectivity index (χ2v) is 2.63. The molecule has 0 aliphatic carbocycles. The molecule has 0 aliphatic rings. The first-order valence-electron chi connectivity index (χ1n) is 3.70. The molecule has 0 saturated heterocycles. The lowest BCUT2D eigenvalue weighted by atomic mass is 10.2. The Morgan fingerprint density at radius 2 is 2.09 bits per heavy atom. The van der Waals surface area contributed by atoms with Crippen LogP contribution >= 0.6 is 11.6 Å². The van der Waals surface area contributed by atoms with Gasteiger partial charge < -0.3 is 5.11 Å². The summed E-state index contributed by atoms with van der Waals surface area (Å²) in [5, 5.41) is 8.24. The van der Waals surface area contributed by atoms with Gasteiger partial charge in [-0.15, -0.1) is 11.6 Å². The molecule has 0 aromatic carbocycles. The van der Waals surface area contributed by atoms with Gasteiger partial charge in [0.1, 0.15) is 0 Å². The minimum atomic E-state index is -0.779. The van der Waals surface area contributed by atoms with Gasteiger partial charge in [-0.1, -0.05) is 12.2 Å². The molecular weight excluding hydrogens is 164 g/mol. The molecule has 0 rings (SSSR count). The molecule has 0 aromatic heterocycles. The maximum atomic E-state index is 10.0. The van der Waals surface area contributed by atoms with E-state index in [0.717, 1.165) is 19.3 Å². The van der Waals surface area contributed by atoms with Crippen LogP contribution < -0.4 is 0 Å². The van der Waals surface area contributed by atoms with E-state index in [9.17, 15) is 4.79 Å². The van der Waals surface area contributed by atoms with Crippen molar-refractivity contribution >= 4 is 17.6 Å². The summed E-state index contributed by atoms with van der Waals surface area (Å²) < 4.78 is 0. The largest absolute Gasteiger partial charge is 0.481 e. The van der Waals surface area contributed by atoms with E-state index in [1.54, 1.807) is 6.08 Å². The average Bonchev–Trinajstić information content (AvgIpc) is 1.96. The van der Waals surface area contributed by atoms with Crippen LogP contribution in [0.1, 0.15) is 25.7 Å². The Labute approximate surface area is 71.9 Å². The highest BCUT2D eigenvalue weighted by atomic mass is 35.5. The van der Waals surface area contributed by atoms with Crippen LogP contribution in [0.4, 0.5) is 0 Å². The smallest absolute Gasteiger partial charge is 0.307 e. The highest BCUT2D eigenvalue weighted by molar-refractivity contribution is 6.17. The van der Waals surface area contributed by atoms with Gasteiger partial charge in [-0.25, -0.2) is 0 Å². The Kier molecular flexibility index (Phi) is 7.26. The van der Waals surface area contributed by atoms with E-state index < -0.39 is 5.97 Å². The van der Waals surface area contributed by atoms with Crippen LogP contribution in [-0.2, 0) is 4.79 Å². The predicted octanol–water partition coefficient (Wildman–Crippen LogP) is 2.43. The van der Waals surface area contributed by atoms with Gasteiger partial charge in [-0.05, 0) is 19.3 Å². The van der Waals surface area contributed by atoms with Gasteiger partial charge in [-0.2, -0.15) is 0 Å². The zero-order chi connectivity index (χ0) is 8.53. The van der Waals surface area contributed by atoms with E-state index in [1.807, 2.05) is 6.08 Å². The number of carboxylic acid groups (broad SMARTS) is 1. The maximum Gasteiger partial charge on any atom is 0.307 e. The summed E-state index contributed by atoms with van der Waals surface area (Å²) >= 11 is 5.45. The molecule has 1 N–H and O–H groups in total. The molecule has 2 nitrogen and oxygen atoms in total. The fourth-order valence-electron chi connectivity index (χ4n) is 0.659. The zero-order valence-corrected chi connectivity index (χ0v) is 7.18. The number of unbranched alkanes of at least 4 members (excludes halogenated alkanes) is 2. The van der Waals surface area contributed by atoms with Crippen LogP contribution in [0, 0.1) is 0 Å². The fraction of sp³-hybridized carbons (Fsp3) is 0.625. The molecule has 0 atom stereocenters. The summed E-state index contributed by atoms with van der Waals surface area (Å²) in [4.78, 5) is 10.0. The van der Waals surface area contributed by atoms with Crippen LogP contribution in [0.5, 0.6) is 0 Å². The minimum Gasteiger partial charge on any atom is -0.481 e. The van der Waals surface area contributed by atoms with Crippen molar-refractivity contribution in [3.05, 3.63) is 12.2 Å². The molecule has 11 heavy (non-hydrogen) atoms. The highest BCUT2D eigenvalue weighted by Gasteiger charge is 1.88. The van der Waals surface area contributed by atoms with E-state index in [4.69, 9.17) is 16.7 Å². The van der Waals surface area contributed by atoms with E-state index in [1.165, 1.54) is 0 Å². The Balaban J connectivity index is 3.10. The molecule has 0 aromatic rings. The standard InChI is InChI=1S/C8H13ClO2/c9-7-5-3-1-2-4-6-8(10)11/h2,4H,1,3,5-7H2,(H,10,11)/b4-2+. The second kappa shape index (κ2) is 7.61. The van der Waals surface area contributed by atoms with Crippen molar-refractivity contribution in [2.45, 2.75) is 25.7 Å². The molecule has 0 fully saturated rings. The van der Waals surface area contributed by atoms with Crippen LogP contribution in [0.25, 0.3) is 0 Å². The van der Waals surface area contributed by atoms with Crippen molar-refractivity contribution < 1.29 is 9.90 Å². The van der Waals surface area contributed by atoms with Gasteiger partial charge in [0, 0.05) is 5.88 Å². The first-order chi connectivity index (χ1) is 5.27. The fourth-order valence-corrected chi connectivity index (χ4v) is 0.848. The first-order valence-corrected chi connectivity index (χ1v) is 4.23. The monoisotopic (exact) mass is 176 g/mol. The van der Waals surface area contributed by atoms with E-state index in [-0.39, 0.29) is 6.42 Å². The van der Waals surface area contributed by atoms with Crippen molar-refractivity contribution in [2.75, 3.05) is 5.88 Å². The number of carbonyl (C=O) groups is 1. The number of halogens is 1. The summed E-state index contributed by atoms with van der Waals surface area (Å²) in [6, 6.07) is 0. The summed E-state index contributed by atoms with van der Waals surface area (Å²) in [6.45, 7) is 0. The third kappa shape index (κ3) is 9.50. The lowest BCUT2D eigenvalue weighted by molar-refractivity contribution is -0.136. The second-order valence-electron chi connectivity index (χ2n) is 2.25. The molecule has 64 valence electrons. The molecule has 0 unspecified atom stereocenters. The highest BCUT2D eigenvalue weighted by Crippen LogP contribution is 1.98. The van der Waals surface area contributed by atoms with Gasteiger partial charge in [0.25, 0.3) is 0 Å². The molecule has 0 bridgehead atoms. The predicted molar refractivity (Wildman–Crippen MR) is 46.0 cm³/mol. The number of hydrogen-bond acceptors (Lipinski definition) is 1. The summed E-state index contributed by atoms with van der Waals surface area (Å²) in [5.41, 5.74) is 0. The Morgan fingerprint density at radius 3 is 2.64 bits per heavy atom. The van der Waals surface area contributed by atoms with Crippen molar-refractivity contribution in [3.8, 4) is 0 Å². The quantitative estimate of drug-likeness (QED) is 0.384. The topological polar surface area (TPSA) is 37.3 Å². The number of allylic oxidation sites excluding steroid dienone is 1. The lowest BCUT2D eigenvalue weighted by Gasteiger charge is -1.89. The van der Waals surface area contributed by atoms with Crippen molar-refractivity contribution in [2.24, 2.45) is 0 Å². The van der Waals surface area contributed by atoms with Crippen LogP contribution in [0.15, 0.2) is 12.2 Å². The molecular formula is C8H13ClO2. The number of aliphatic carboxylic acids is 1. The van der Waals surface area contributed by atoms with E-state index >= 15 is 0 Å². The van der Waals surface area contributed by atoms with Gasteiger partial charge in [0.15, 0.2) is 0 Å². The molecule has 0 spiro atoms. The summed E-state index contributed by atoms with van der Waals surface area (Å²) in [7, 11) is 0. The number of carboxylic acids is 1. The van der Waals surface area contributed by atoms with Crippen molar-refractivity contribution in [3.63, 3.8) is 0 Å². The third-order valence-corrected chi connectivity index (χ3v) is 1.48. The SMILES string of the molecule is O=C(O)C/C=C/CCCCCl. The van der Waals surface area contributed by atoms with Gasteiger partial charge >= 0.3 is 5.97 Å². The number of hydrogen-bond donors (Lipinski definition) is 1. The molecule has 0 heterocycles. The van der Waals surface area contributed by atoms with Crippen LogP contribution in [-0.4, -0.2) is 17.0 Å². The third-order valence-electron chi connectivity index (χ3n) is 1.21. The molecule has 0 radical (unpaired) electrons. The number of rotatable bonds is 6. The number of alkyl halides is 1. The van der Waals surface area contributed by atoms with Crippen molar-refractivity contribution in [1.82, 2.24) is 0 Å². The summed E-state index contributed by atoms with van der Waals surface area (Å²) in [6.07, 6.45) is 6.66. The molecule has 0 saturated carbocycles. The maximum absolute atomic E-state index is 10.0. The van der Waals surface area contributed by atoms with Crippen molar-refractivity contribution in [1.29, 1.82) is 0 Å². The Bertz CT molecular complexity index is 132. The van der Waals surface area contributed by atoms with Crippen LogP contribution in [0.2, 0.25) is 0 Å². The zero-order valence-electron chi connectivity index (χ0n) is 6.42. The first kappa shape index (κ1) is 10.5. The van der Waals surface area contributed by atoms with Gasteiger partial charge in [0.2, 0.25) is 0 Å². The minimum absolute atomic E-state index is 0.126. The van der Waals surface area contributed by atoms with Gasteiger partial charge in [0.05, 0.1) is 6.42 Å². The summed E-state index contributed by atoms with van der Waals surface area (Å²) in [5.74, 6) is -0.0918. The average molecular weight is 177 g/mol. The Morgan fingerprint density at radius 1 is 1.36 bits per heavy atom. The molecule has 0 amide bonds. The molecule has 3 heteroatoms. The molecule has 0 aliphatic heterocycles. The lowest BCUT2D eigenvalue weighted by Crippen LogP contribution is -1.89. The Hall–Kier alpha value is -0.500. The normalized spacial score (nSPS) is 10.6.